The van der Waals surface area contributed by atoms with Crippen molar-refractivity contribution in [3.8, 4) is 0 Å². The fourth-order valence-corrected chi connectivity index (χ4v) is 0.444. The molecule has 0 heterocycles. The van der Waals surface area contributed by atoms with Crippen molar-refractivity contribution in [1.29, 1.82) is 0 Å². The SMILES string of the molecule is CCOC(OC=O)OCC. The molecule has 0 N–H and O–H groups in total. The average Bonchev–Trinajstić information content (AvgIpc) is 1.90. The highest BCUT2D eigenvalue weighted by molar-refractivity contribution is 5.36. The van der Waals surface area contributed by atoms with E-state index in [1.165, 1.54) is 0 Å². The summed E-state index contributed by atoms with van der Waals surface area (Å²) in [4.78, 5) is 9.78. The third-order valence-electron chi connectivity index (χ3n) is 0.772. The van der Waals surface area contributed by atoms with Crippen LogP contribution in [-0.4, -0.2) is 26.2 Å². The molecule has 60 valence electrons. The van der Waals surface area contributed by atoms with E-state index in [0.29, 0.717) is 19.7 Å². The lowest BCUT2D eigenvalue weighted by atomic mass is 10.8. The zero-order valence-corrected chi connectivity index (χ0v) is 6.20. The van der Waals surface area contributed by atoms with Crippen molar-refractivity contribution in [3.63, 3.8) is 0 Å². The van der Waals surface area contributed by atoms with Gasteiger partial charge >= 0.3 is 6.48 Å². The van der Waals surface area contributed by atoms with Crippen molar-refractivity contribution in [2.45, 2.75) is 20.3 Å². The number of ether oxygens (including phenoxy) is 3. The van der Waals surface area contributed by atoms with E-state index in [9.17, 15) is 4.79 Å². The summed E-state index contributed by atoms with van der Waals surface area (Å²) in [6.07, 6.45) is 0. The second-order valence-electron chi connectivity index (χ2n) is 1.43. The highest BCUT2D eigenvalue weighted by atomic mass is 16.8. The van der Waals surface area contributed by atoms with Crippen molar-refractivity contribution in [1.82, 2.24) is 0 Å². The first-order valence-electron chi connectivity index (χ1n) is 3.17. The Morgan fingerprint density at radius 2 is 1.80 bits per heavy atom. The van der Waals surface area contributed by atoms with Gasteiger partial charge in [-0.1, -0.05) is 0 Å². The van der Waals surface area contributed by atoms with Gasteiger partial charge in [-0.05, 0) is 13.8 Å². The molecule has 0 saturated heterocycles. The van der Waals surface area contributed by atoms with Gasteiger partial charge in [0.2, 0.25) is 0 Å². The van der Waals surface area contributed by atoms with Crippen LogP contribution in [-0.2, 0) is 19.0 Å². The number of carbonyl (C=O) groups is 1. The summed E-state index contributed by atoms with van der Waals surface area (Å²) in [6, 6.07) is 0. The molecule has 0 aromatic rings. The summed E-state index contributed by atoms with van der Waals surface area (Å²) >= 11 is 0. The van der Waals surface area contributed by atoms with Crippen molar-refractivity contribution in [2.24, 2.45) is 0 Å². The molecule has 0 saturated carbocycles. The van der Waals surface area contributed by atoms with Crippen molar-refractivity contribution >= 4 is 6.47 Å². The molecule has 0 aliphatic carbocycles. The number of hydrogen-bond donors (Lipinski definition) is 0. The van der Waals surface area contributed by atoms with Crippen LogP contribution in [0.25, 0.3) is 0 Å². The van der Waals surface area contributed by atoms with E-state index < -0.39 is 6.48 Å². The Kier molecular flexibility index (Phi) is 6.11. The fraction of sp³-hybridized carbons (Fsp3) is 0.833. The molecule has 0 bridgehead atoms. The normalized spacial score (nSPS) is 9.90. The van der Waals surface area contributed by atoms with E-state index in [4.69, 9.17) is 9.47 Å². The second-order valence-corrected chi connectivity index (χ2v) is 1.43. The first-order chi connectivity index (χ1) is 4.85. The van der Waals surface area contributed by atoms with E-state index in [1.807, 2.05) is 0 Å². The Morgan fingerprint density at radius 3 is 2.10 bits per heavy atom. The molecule has 0 amide bonds. The van der Waals surface area contributed by atoms with Gasteiger partial charge in [0.1, 0.15) is 0 Å². The van der Waals surface area contributed by atoms with Crippen LogP contribution >= 0.6 is 0 Å². The summed E-state index contributed by atoms with van der Waals surface area (Å²) in [5, 5.41) is 0. The molecule has 0 spiro atoms. The Labute approximate surface area is 60.1 Å². The average molecular weight is 148 g/mol. The zero-order valence-electron chi connectivity index (χ0n) is 6.20. The maximum atomic E-state index is 9.78. The van der Waals surface area contributed by atoms with Crippen LogP contribution in [0.15, 0.2) is 0 Å². The summed E-state index contributed by atoms with van der Waals surface area (Å²) in [5.74, 6) is 0. The number of hydrogen-bond acceptors (Lipinski definition) is 4. The molecule has 0 rings (SSSR count). The summed E-state index contributed by atoms with van der Waals surface area (Å²) in [6.45, 7) is 3.96. The van der Waals surface area contributed by atoms with Gasteiger partial charge in [0, 0.05) is 0 Å². The summed E-state index contributed by atoms with van der Waals surface area (Å²) < 4.78 is 14.1. The van der Waals surface area contributed by atoms with Crippen LogP contribution in [0.5, 0.6) is 0 Å². The van der Waals surface area contributed by atoms with E-state index in [2.05, 4.69) is 4.74 Å². The van der Waals surface area contributed by atoms with Gasteiger partial charge in [-0.3, -0.25) is 4.79 Å². The standard InChI is InChI=1S/C6H12O4/c1-3-8-6(9-4-2)10-5-7/h5-6H,3-4H2,1-2H3. The van der Waals surface area contributed by atoms with Crippen LogP contribution in [0.3, 0.4) is 0 Å². The van der Waals surface area contributed by atoms with Gasteiger partial charge < -0.3 is 14.2 Å². The fourth-order valence-electron chi connectivity index (χ4n) is 0.444. The Bertz CT molecular complexity index is 77.8. The van der Waals surface area contributed by atoms with Gasteiger partial charge in [0.15, 0.2) is 0 Å². The van der Waals surface area contributed by atoms with Crippen LogP contribution in [0.2, 0.25) is 0 Å². The van der Waals surface area contributed by atoms with Crippen LogP contribution in [0.1, 0.15) is 13.8 Å². The zero-order chi connectivity index (χ0) is 7.82. The Morgan fingerprint density at radius 1 is 1.30 bits per heavy atom. The van der Waals surface area contributed by atoms with Gasteiger partial charge in [0.25, 0.3) is 6.47 Å². The summed E-state index contributed by atoms with van der Waals surface area (Å²) in [5.41, 5.74) is 0. The Hall–Kier alpha value is -0.610. The van der Waals surface area contributed by atoms with Gasteiger partial charge in [-0.15, -0.1) is 0 Å². The van der Waals surface area contributed by atoms with E-state index >= 15 is 0 Å². The van der Waals surface area contributed by atoms with E-state index in [1.54, 1.807) is 13.8 Å². The molecule has 4 heteroatoms. The molecule has 0 radical (unpaired) electrons. The predicted octanol–water partition coefficient (Wildman–Crippen LogP) is 0.516. The second kappa shape index (κ2) is 6.51. The highest BCUT2D eigenvalue weighted by Crippen LogP contribution is 1.94. The lowest BCUT2D eigenvalue weighted by molar-refractivity contribution is -0.265. The Balaban J connectivity index is 3.38. The molecule has 0 unspecified atom stereocenters. The molecule has 0 aliphatic heterocycles. The highest BCUT2D eigenvalue weighted by Gasteiger charge is 2.05. The number of carbonyl (C=O) groups excluding carboxylic acids is 1. The minimum atomic E-state index is -0.840. The van der Waals surface area contributed by atoms with Crippen molar-refractivity contribution < 1.29 is 19.0 Å². The topological polar surface area (TPSA) is 44.8 Å². The van der Waals surface area contributed by atoms with Gasteiger partial charge in [-0.25, -0.2) is 0 Å². The van der Waals surface area contributed by atoms with Gasteiger partial charge in [0.05, 0.1) is 13.2 Å². The molecule has 0 aromatic carbocycles. The molecular formula is C6H12O4. The van der Waals surface area contributed by atoms with Crippen LogP contribution < -0.4 is 0 Å². The maximum absolute atomic E-state index is 9.78. The van der Waals surface area contributed by atoms with Crippen LogP contribution in [0, 0.1) is 0 Å². The predicted molar refractivity (Wildman–Crippen MR) is 34.2 cm³/mol. The molecule has 0 atom stereocenters. The van der Waals surface area contributed by atoms with Crippen molar-refractivity contribution in [3.05, 3.63) is 0 Å². The van der Waals surface area contributed by atoms with Crippen LogP contribution in [0.4, 0.5) is 0 Å². The molecule has 0 aliphatic rings. The largest absolute Gasteiger partial charge is 0.413 e. The molecular weight excluding hydrogens is 136 g/mol. The van der Waals surface area contributed by atoms with Crippen molar-refractivity contribution in [2.75, 3.05) is 13.2 Å². The minimum Gasteiger partial charge on any atom is -0.413 e. The molecule has 0 fully saturated rings. The third kappa shape index (κ3) is 4.29. The van der Waals surface area contributed by atoms with Gasteiger partial charge in [-0.2, -0.15) is 0 Å². The summed E-state index contributed by atoms with van der Waals surface area (Å²) in [7, 11) is 0. The molecule has 10 heavy (non-hydrogen) atoms. The number of rotatable bonds is 6. The molecule has 4 nitrogen and oxygen atoms in total. The van der Waals surface area contributed by atoms with E-state index in [-0.39, 0.29) is 0 Å². The maximum Gasteiger partial charge on any atom is 0.318 e. The first kappa shape index (κ1) is 9.39. The minimum absolute atomic E-state index is 0.302. The van der Waals surface area contributed by atoms with E-state index in [0.717, 1.165) is 0 Å². The first-order valence-corrected chi connectivity index (χ1v) is 3.17. The lowest BCUT2D eigenvalue weighted by Gasteiger charge is -2.13. The quantitative estimate of drug-likeness (QED) is 0.407. The smallest absolute Gasteiger partial charge is 0.318 e. The third-order valence-corrected chi connectivity index (χ3v) is 0.772. The monoisotopic (exact) mass is 148 g/mol. The molecule has 0 aromatic heterocycles. The lowest BCUT2D eigenvalue weighted by Crippen LogP contribution is -2.20.